The number of aryl methyl sites for hydroxylation is 1. The predicted molar refractivity (Wildman–Crippen MR) is 115 cm³/mol. The Kier molecular flexibility index (Phi) is 4.24. The number of halogens is 1. The summed E-state index contributed by atoms with van der Waals surface area (Å²) in [7, 11) is 0. The van der Waals surface area contributed by atoms with Crippen LogP contribution in [0.15, 0.2) is 59.6 Å². The number of rotatable bonds is 2. The summed E-state index contributed by atoms with van der Waals surface area (Å²) in [4.78, 5) is 18.3. The van der Waals surface area contributed by atoms with E-state index < -0.39 is 0 Å². The summed E-state index contributed by atoms with van der Waals surface area (Å²) < 4.78 is 15.3. The molecule has 0 saturated heterocycles. The maximum absolute atomic E-state index is 13.5. The second-order valence-electron chi connectivity index (χ2n) is 9.16. The van der Waals surface area contributed by atoms with Crippen molar-refractivity contribution in [1.82, 2.24) is 9.78 Å². The summed E-state index contributed by atoms with van der Waals surface area (Å²) in [6.07, 6.45) is 1.33. The molecule has 2 unspecified atom stereocenters. The van der Waals surface area contributed by atoms with Crippen LogP contribution in [0, 0.1) is 24.1 Å². The monoisotopic (exact) mass is 401 g/mol. The van der Waals surface area contributed by atoms with Crippen molar-refractivity contribution in [2.24, 2.45) is 16.3 Å². The topological polar surface area (TPSA) is 47.2 Å². The zero-order chi connectivity index (χ0) is 21.0. The zero-order valence-corrected chi connectivity index (χ0v) is 17.4. The normalized spacial score (nSPS) is 22.3. The van der Waals surface area contributed by atoms with Crippen molar-refractivity contribution in [2.75, 3.05) is 0 Å². The molecular formula is C25H24FN3O. The highest BCUT2D eigenvalue weighted by molar-refractivity contribution is 6.11. The van der Waals surface area contributed by atoms with Gasteiger partial charge in [-0.25, -0.2) is 14.1 Å². The molecule has 2 aromatic carbocycles. The molecule has 0 N–H and O–H groups in total. The number of Topliss-reactive ketones (excluding diaryl/α,β-unsaturated/α-hetero) is 1. The number of carbonyl (C=O) groups is 1. The Balaban J connectivity index is 1.76. The quantitative estimate of drug-likeness (QED) is 0.566. The molecule has 152 valence electrons. The highest BCUT2D eigenvalue weighted by Gasteiger charge is 2.47. The van der Waals surface area contributed by atoms with E-state index in [-0.39, 0.29) is 28.9 Å². The van der Waals surface area contributed by atoms with Gasteiger partial charge in [0.1, 0.15) is 11.6 Å². The average Bonchev–Trinajstić information content (AvgIpc) is 3.03. The third-order valence-electron chi connectivity index (χ3n) is 6.22. The molecule has 1 aliphatic carbocycles. The van der Waals surface area contributed by atoms with Crippen molar-refractivity contribution in [1.29, 1.82) is 0 Å². The number of ketones is 1. The minimum absolute atomic E-state index is 0.105. The minimum atomic E-state index is -0.287. The number of benzene rings is 2. The molecule has 2 heterocycles. The molecule has 4 nitrogen and oxygen atoms in total. The standard InChI is InChI=1S/C25H24FN3O/c1-15-21-22(16-7-5-4-6-8-16)23-19(13-25(2,3)14-20(23)30)27-24(21)29(28-15)18-11-9-17(26)10-12-18/h4-12,22-23H,13-14H2,1-3H3. The molecule has 1 aliphatic heterocycles. The SMILES string of the molecule is Cc1nn(-c2ccc(F)cc2)c2c1C(c1ccccc1)C1C(=O)CC(C)(C)CC1=N2. The van der Waals surface area contributed by atoms with E-state index >= 15 is 0 Å². The number of aliphatic imine (C=N–C) groups is 1. The van der Waals surface area contributed by atoms with E-state index in [2.05, 4.69) is 26.0 Å². The number of hydrogen-bond donors (Lipinski definition) is 0. The fraction of sp³-hybridized carbons (Fsp3) is 0.320. The highest BCUT2D eigenvalue weighted by Crippen LogP contribution is 2.50. The fourth-order valence-electron chi connectivity index (χ4n) is 5.00. The van der Waals surface area contributed by atoms with Gasteiger partial charge in [-0.2, -0.15) is 5.10 Å². The smallest absolute Gasteiger partial charge is 0.159 e. The molecule has 0 radical (unpaired) electrons. The highest BCUT2D eigenvalue weighted by atomic mass is 19.1. The maximum atomic E-state index is 13.5. The summed E-state index contributed by atoms with van der Waals surface area (Å²) in [6, 6.07) is 16.5. The molecule has 1 saturated carbocycles. The van der Waals surface area contributed by atoms with Crippen molar-refractivity contribution >= 4 is 17.3 Å². The Hall–Kier alpha value is -3.08. The second-order valence-corrected chi connectivity index (χ2v) is 9.16. The van der Waals surface area contributed by atoms with Crippen LogP contribution in [0.3, 0.4) is 0 Å². The van der Waals surface area contributed by atoms with Gasteiger partial charge in [-0.05, 0) is 48.6 Å². The summed E-state index contributed by atoms with van der Waals surface area (Å²) in [5.74, 6) is 0.358. The van der Waals surface area contributed by atoms with E-state index in [0.29, 0.717) is 6.42 Å². The number of carbonyl (C=O) groups excluding carboxylic acids is 1. The van der Waals surface area contributed by atoms with Gasteiger partial charge in [-0.1, -0.05) is 44.2 Å². The van der Waals surface area contributed by atoms with E-state index in [1.54, 1.807) is 16.8 Å². The summed E-state index contributed by atoms with van der Waals surface area (Å²) in [5.41, 5.74) is 4.53. The lowest BCUT2D eigenvalue weighted by Gasteiger charge is -2.40. The molecule has 0 bridgehead atoms. The molecule has 1 fully saturated rings. The van der Waals surface area contributed by atoms with E-state index in [1.165, 1.54) is 12.1 Å². The van der Waals surface area contributed by atoms with E-state index in [0.717, 1.165) is 40.5 Å². The van der Waals surface area contributed by atoms with E-state index in [9.17, 15) is 9.18 Å². The first-order valence-corrected chi connectivity index (χ1v) is 10.3. The molecule has 0 amide bonds. The molecule has 2 atom stereocenters. The average molecular weight is 401 g/mol. The van der Waals surface area contributed by atoms with Crippen LogP contribution in [0.4, 0.5) is 10.2 Å². The lowest BCUT2D eigenvalue weighted by molar-refractivity contribution is -0.124. The number of fused-ring (bicyclic) bond motifs is 2. The molecular weight excluding hydrogens is 377 g/mol. The van der Waals surface area contributed by atoms with Crippen LogP contribution >= 0.6 is 0 Å². The van der Waals surface area contributed by atoms with E-state index in [4.69, 9.17) is 10.1 Å². The first-order chi connectivity index (χ1) is 14.3. The van der Waals surface area contributed by atoms with Crippen LogP contribution in [0.25, 0.3) is 5.69 Å². The van der Waals surface area contributed by atoms with Gasteiger partial charge in [0, 0.05) is 23.6 Å². The molecule has 5 heteroatoms. The van der Waals surface area contributed by atoms with Crippen molar-refractivity contribution in [3.8, 4) is 5.69 Å². The Bertz CT molecular complexity index is 1160. The van der Waals surface area contributed by atoms with Gasteiger partial charge >= 0.3 is 0 Å². The van der Waals surface area contributed by atoms with Crippen molar-refractivity contribution < 1.29 is 9.18 Å². The van der Waals surface area contributed by atoms with Crippen molar-refractivity contribution in [3.05, 3.63) is 77.2 Å². The summed E-state index contributed by atoms with van der Waals surface area (Å²) in [6.45, 7) is 6.21. The van der Waals surface area contributed by atoms with Crippen LogP contribution in [-0.2, 0) is 4.79 Å². The van der Waals surface area contributed by atoms with Crippen molar-refractivity contribution in [2.45, 2.75) is 39.5 Å². The summed E-state index contributed by atoms with van der Waals surface area (Å²) in [5, 5.41) is 4.76. The van der Waals surface area contributed by atoms with Crippen LogP contribution < -0.4 is 0 Å². The van der Waals surface area contributed by atoms with Gasteiger partial charge in [-0.3, -0.25) is 4.79 Å². The predicted octanol–water partition coefficient (Wildman–Crippen LogP) is 5.54. The molecule has 3 aromatic rings. The van der Waals surface area contributed by atoms with Gasteiger partial charge in [0.15, 0.2) is 5.82 Å². The van der Waals surface area contributed by atoms with E-state index in [1.807, 2.05) is 25.1 Å². The van der Waals surface area contributed by atoms with Crippen LogP contribution in [0.2, 0.25) is 0 Å². The molecule has 1 aromatic heterocycles. The zero-order valence-electron chi connectivity index (χ0n) is 17.4. The summed E-state index contributed by atoms with van der Waals surface area (Å²) >= 11 is 0. The van der Waals surface area contributed by atoms with Gasteiger partial charge in [0.05, 0.1) is 17.3 Å². The van der Waals surface area contributed by atoms with Gasteiger partial charge in [0.2, 0.25) is 0 Å². The molecule has 5 rings (SSSR count). The maximum Gasteiger partial charge on any atom is 0.159 e. The van der Waals surface area contributed by atoms with Crippen molar-refractivity contribution in [3.63, 3.8) is 0 Å². The fourth-order valence-corrected chi connectivity index (χ4v) is 5.00. The van der Waals surface area contributed by atoms with Gasteiger partial charge < -0.3 is 0 Å². The minimum Gasteiger partial charge on any atom is -0.299 e. The number of aromatic nitrogens is 2. The Morgan fingerprint density at radius 1 is 1.00 bits per heavy atom. The Morgan fingerprint density at radius 2 is 1.70 bits per heavy atom. The van der Waals surface area contributed by atoms with Gasteiger partial charge in [-0.15, -0.1) is 0 Å². The first kappa shape index (κ1) is 18.9. The molecule has 2 aliphatic rings. The molecule has 0 spiro atoms. The van der Waals surface area contributed by atoms with Crippen LogP contribution in [0.5, 0.6) is 0 Å². The Labute approximate surface area is 175 Å². The number of hydrogen-bond acceptors (Lipinski definition) is 3. The number of nitrogens with zero attached hydrogens (tertiary/aromatic N) is 3. The van der Waals surface area contributed by atoms with Gasteiger partial charge in [0.25, 0.3) is 0 Å². The molecule has 30 heavy (non-hydrogen) atoms. The third-order valence-corrected chi connectivity index (χ3v) is 6.22. The lowest BCUT2D eigenvalue weighted by Crippen LogP contribution is -2.42. The third kappa shape index (κ3) is 3.00. The first-order valence-electron chi connectivity index (χ1n) is 10.3. The Morgan fingerprint density at radius 3 is 2.40 bits per heavy atom. The lowest BCUT2D eigenvalue weighted by atomic mass is 9.64. The van der Waals surface area contributed by atoms with Crippen LogP contribution in [-0.4, -0.2) is 21.3 Å². The largest absolute Gasteiger partial charge is 0.299 e. The second kappa shape index (κ2) is 6.73. The van der Waals surface area contributed by atoms with Crippen LogP contribution in [0.1, 0.15) is 49.4 Å².